The van der Waals surface area contributed by atoms with Crippen LogP contribution in [0.25, 0.3) is 10.9 Å². The minimum atomic E-state index is -0.896. The van der Waals surface area contributed by atoms with Gasteiger partial charge in [-0.3, -0.25) is 0 Å². The highest BCUT2D eigenvalue weighted by Gasteiger charge is 2.20. The predicted octanol–water partition coefficient (Wildman–Crippen LogP) is 3.49. The van der Waals surface area contributed by atoms with Gasteiger partial charge in [0, 0.05) is 18.5 Å². The number of benzene rings is 1. The largest absolute Gasteiger partial charge is 0.478 e. The molecule has 0 radical (unpaired) electrons. The van der Waals surface area contributed by atoms with Crippen molar-refractivity contribution in [3.63, 3.8) is 0 Å². The summed E-state index contributed by atoms with van der Waals surface area (Å²) in [6.45, 7) is 3.88. The first-order valence-corrected chi connectivity index (χ1v) is 7.61. The van der Waals surface area contributed by atoms with Crippen LogP contribution >= 0.6 is 0 Å². The number of carbonyl (C=O) groups is 1. The van der Waals surface area contributed by atoms with Crippen molar-refractivity contribution in [1.82, 2.24) is 4.98 Å². The molecule has 21 heavy (non-hydrogen) atoms. The molecule has 1 N–H and O–H groups in total. The van der Waals surface area contributed by atoms with Gasteiger partial charge in [0.2, 0.25) is 0 Å². The Bertz CT molecular complexity index is 676. The fourth-order valence-electron chi connectivity index (χ4n) is 2.94. The van der Waals surface area contributed by atoms with E-state index in [1.165, 1.54) is 12.0 Å². The van der Waals surface area contributed by atoms with E-state index in [2.05, 4.69) is 22.9 Å². The van der Waals surface area contributed by atoms with Crippen molar-refractivity contribution >= 4 is 22.7 Å². The lowest BCUT2D eigenvalue weighted by molar-refractivity contribution is 0.0697. The molecule has 0 unspecified atom stereocenters. The SMILES string of the molecule is CCc1ccc2nc(N3CCCCC3)c(C(=O)O)cc2c1. The van der Waals surface area contributed by atoms with Crippen molar-refractivity contribution in [2.24, 2.45) is 0 Å². The molecule has 3 rings (SSSR count). The molecule has 4 nitrogen and oxygen atoms in total. The summed E-state index contributed by atoms with van der Waals surface area (Å²) in [6, 6.07) is 7.87. The number of fused-ring (bicyclic) bond motifs is 1. The van der Waals surface area contributed by atoms with Crippen molar-refractivity contribution < 1.29 is 9.90 Å². The Labute approximate surface area is 124 Å². The summed E-state index contributed by atoms with van der Waals surface area (Å²) >= 11 is 0. The second-order valence-corrected chi connectivity index (χ2v) is 5.59. The number of aryl methyl sites for hydroxylation is 1. The maximum Gasteiger partial charge on any atom is 0.339 e. The topological polar surface area (TPSA) is 53.4 Å². The molecule has 0 saturated carbocycles. The summed E-state index contributed by atoms with van der Waals surface area (Å²) in [5.74, 6) is -0.272. The van der Waals surface area contributed by atoms with Crippen LogP contribution in [0.5, 0.6) is 0 Å². The van der Waals surface area contributed by atoms with Crippen molar-refractivity contribution in [3.05, 3.63) is 35.4 Å². The van der Waals surface area contributed by atoms with Crippen LogP contribution in [-0.2, 0) is 6.42 Å². The number of anilines is 1. The highest BCUT2D eigenvalue weighted by Crippen LogP contribution is 2.27. The second kappa shape index (κ2) is 5.72. The molecule has 1 aromatic heterocycles. The molecule has 0 spiro atoms. The summed E-state index contributed by atoms with van der Waals surface area (Å²) in [4.78, 5) is 18.3. The zero-order valence-corrected chi connectivity index (χ0v) is 12.3. The van der Waals surface area contributed by atoms with Gasteiger partial charge in [-0.25, -0.2) is 9.78 Å². The van der Waals surface area contributed by atoms with Gasteiger partial charge in [-0.1, -0.05) is 13.0 Å². The number of carboxylic acid groups (broad SMARTS) is 1. The molecule has 0 bridgehead atoms. The zero-order valence-electron chi connectivity index (χ0n) is 12.3. The fraction of sp³-hybridized carbons (Fsp3) is 0.412. The van der Waals surface area contributed by atoms with Gasteiger partial charge < -0.3 is 10.0 Å². The quantitative estimate of drug-likeness (QED) is 0.937. The highest BCUT2D eigenvalue weighted by atomic mass is 16.4. The average Bonchev–Trinajstić information content (AvgIpc) is 2.53. The van der Waals surface area contributed by atoms with E-state index in [-0.39, 0.29) is 0 Å². The van der Waals surface area contributed by atoms with Gasteiger partial charge in [-0.2, -0.15) is 0 Å². The van der Waals surface area contributed by atoms with Gasteiger partial charge in [0.1, 0.15) is 11.4 Å². The number of hydrogen-bond acceptors (Lipinski definition) is 3. The molecule has 1 aliphatic heterocycles. The molecule has 110 valence electrons. The third-order valence-electron chi connectivity index (χ3n) is 4.15. The van der Waals surface area contributed by atoms with E-state index in [1.807, 2.05) is 12.1 Å². The lowest BCUT2D eigenvalue weighted by Crippen LogP contribution is -2.31. The van der Waals surface area contributed by atoms with Gasteiger partial charge in [-0.15, -0.1) is 0 Å². The molecule has 1 aliphatic rings. The lowest BCUT2D eigenvalue weighted by atomic mass is 10.1. The van der Waals surface area contributed by atoms with Gasteiger partial charge in [0.25, 0.3) is 0 Å². The van der Waals surface area contributed by atoms with Crippen LogP contribution in [0, 0.1) is 0 Å². The minimum Gasteiger partial charge on any atom is -0.478 e. The summed E-state index contributed by atoms with van der Waals surface area (Å²) < 4.78 is 0. The van der Waals surface area contributed by atoms with Crippen LogP contribution < -0.4 is 4.90 Å². The predicted molar refractivity (Wildman–Crippen MR) is 84.1 cm³/mol. The van der Waals surface area contributed by atoms with Crippen molar-refractivity contribution in [3.8, 4) is 0 Å². The molecule has 0 amide bonds. The number of nitrogens with zero attached hydrogens (tertiary/aromatic N) is 2. The van der Waals surface area contributed by atoms with Gasteiger partial charge in [0.05, 0.1) is 5.52 Å². The molecule has 2 heterocycles. The van der Waals surface area contributed by atoms with Crippen molar-refractivity contribution in [1.29, 1.82) is 0 Å². The number of hydrogen-bond donors (Lipinski definition) is 1. The minimum absolute atomic E-state index is 0.317. The Morgan fingerprint density at radius 2 is 2.00 bits per heavy atom. The number of pyridine rings is 1. The van der Waals surface area contributed by atoms with E-state index in [9.17, 15) is 9.90 Å². The second-order valence-electron chi connectivity index (χ2n) is 5.59. The monoisotopic (exact) mass is 284 g/mol. The Morgan fingerprint density at radius 3 is 2.67 bits per heavy atom. The van der Waals surface area contributed by atoms with Crippen LogP contribution in [-0.4, -0.2) is 29.1 Å². The molecule has 1 saturated heterocycles. The van der Waals surface area contributed by atoms with Gasteiger partial charge in [0.15, 0.2) is 0 Å². The van der Waals surface area contributed by atoms with E-state index < -0.39 is 5.97 Å². The Morgan fingerprint density at radius 1 is 1.24 bits per heavy atom. The smallest absolute Gasteiger partial charge is 0.339 e. The first-order valence-electron chi connectivity index (χ1n) is 7.61. The first kappa shape index (κ1) is 13.9. The van der Waals surface area contributed by atoms with E-state index >= 15 is 0 Å². The van der Waals surface area contributed by atoms with E-state index in [1.54, 1.807) is 6.07 Å². The highest BCUT2D eigenvalue weighted by molar-refractivity contribution is 5.98. The third-order valence-corrected chi connectivity index (χ3v) is 4.15. The van der Waals surface area contributed by atoms with E-state index in [0.717, 1.165) is 43.3 Å². The fourth-order valence-corrected chi connectivity index (χ4v) is 2.94. The Balaban J connectivity index is 2.13. The lowest BCUT2D eigenvalue weighted by Gasteiger charge is -2.29. The van der Waals surface area contributed by atoms with Crippen LogP contribution in [0.2, 0.25) is 0 Å². The molecule has 1 fully saturated rings. The maximum atomic E-state index is 11.6. The molecule has 2 aromatic rings. The number of aromatic nitrogens is 1. The number of aromatic carboxylic acids is 1. The van der Waals surface area contributed by atoms with Crippen molar-refractivity contribution in [2.45, 2.75) is 32.6 Å². The van der Waals surface area contributed by atoms with Crippen molar-refractivity contribution in [2.75, 3.05) is 18.0 Å². The summed E-state index contributed by atoms with van der Waals surface area (Å²) in [5.41, 5.74) is 2.39. The van der Waals surface area contributed by atoms with Gasteiger partial charge in [-0.05, 0) is 49.4 Å². The molecule has 0 aliphatic carbocycles. The van der Waals surface area contributed by atoms with Gasteiger partial charge >= 0.3 is 5.97 Å². The molecule has 4 heteroatoms. The third kappa shape index (κ3) is 2.71. The molecular weight excluding hydrogens is 264 g/mol. The summed E-state index contributed by atoms with van der Waals surface area (Å²) in [5, 5.41) is 10.4. The number of rotatable bonds is 3. The zero-order chi connectivity index (χ0) is 14.8. The standard InChI is InChI=1S/C17H20N2O2/c1-2-12-6-7-15-13(10-12)11-14(17(20)21)16(18-15)19-8-4-3-5-9-19/h6-7,10-11H,2-5,8-9H2,1H3,(H,20,21). The maximum absolute atomic E-state index is 11.6. The summed E-state index contributed by atoms with van der Waals surface area (Å²) in [6.07, 6.45) is 4.36. The van der Waals surface area contributed by atoms with Crippen LogP contribution in [0.15, 0.2) is 24.3 Å². The molecule has 0 atom stereocenters. The van der Waals surface area contributed by atoms with Crippen LogP contribution in [0.1, 0.15) is 42.1 Å². The first-order chi connectivity index (χ1) is 10.2. The molecular formula is C17H20N2O2. The normalized spacial score (nSPS) is 15.4. The van der Waals surface area contributed by atoms with Crippen LogP contribution in [0.3, 0.4) is 0 Å². The Kier molecular flexibility index (Phi) is 3.78. The van der Waals surface area contributed by atoms with E-state index in [4.69, 9.17) is 0 Å². The molecule has 1 aromatic carbocycles. The number of carboxylic acids is 1. The average molecular weight is 284 g/mol. The summed E-state index contributed by atoms with van der Waals surface area (Å²) in [7, 11) is 0. The van der Waals surface area contributed by atoms with Crippen LogP contribution in [0.4, 0.5) is 5.82 Å². The Hall–Kier alpha value is -2.10. The van der Waals surface area contributed by atoms with E-state index in [0.29, 0.717) is 11.4 Å². The number of piperidine rings is 1.